The van der Waals surface area contributed by atoms with E-state index in [1.807, 2.05) is 64.5 Å². The Hall–Kier alpha value is -5.45. The molecule has 16 heteroatoms. The van der Waals surface area contributed by atoms with Crippen molar-refractivity contribution in [2.45, 2.75) is 71.6 Å². The van der Waals surface area contributed by atoms with Crippen molar-refractivity contribution in [1.29, 1.82) is 0 Å². The number of ether oxygens (including phenoxy) is 2. The number of aryl methyl sites for hydroxylation is 2. The maximum absolute atomic E-state index is 5.99. The number of hydrogen-bond donors (Lipinski definition) is 1. The lowest BCUT2D eigenvalue weighted by Gasteiger charge is -2.33. The Morgan fingerprint density at radius 2 is 1.23 bits per heavy atom. The zero-order valence-electron chi connectivity index (χ0n) is 35.4. The fourth-order valence-electron chi connectivity index (χ4n) is 7.59. The van der Waals surface area contributed by atoms with Crippen LogP contribution in [-0.4, -0.2) is 124 Å². The second kappa shape index (κ2) is 19.9. The summed E-state index contributed by atoms with van der Waals surface area (Å²) in [6.07, 6.45) is 15.6. The van der Waals surface area contributed by atoms with Crippen molar-refractivity contribution < 1.29 is 9.47 Å². The van der Waals surface area contributed by atoms with E-state index in [9.17, 15) is 0 Å². The number of nitrogens with one attached hydrogen (secondary N) is 1. The van der Waals surface area contributed by atoms with Crippen LogP contribution in [0.3, 0.4) is 0 Å². The number of pyridine rings is 4. The van der Waals surface area contributed by atoms with Crippen LogP contribution in [0.5, 0.6) is 0 Å². The Morgan fingerprint density at radius 1 is 0.656 bits per heavy atom. The number of nitrogens with zero attached hydrogens (tertiary/aromatic N) is 12. The van der Waals surface area contributed by atoms with E-state index >= 15 is 0 Å². The van der Waals surface area contributed by atoms with Crippen LogP contribution in [0.4, 0.5) is 11.6 Å². The Morgan fingerprint density at radius 3 is 1.80 bits per heavy atom. The highest BCUT2D eigenvalue weighted by atomic mass is 35.5. The van der Waals surface area contributed by atoms with E-state index in [0.717, 1.165) is 128 Å². The molecule has 2 fully saturated rings. The zero-order valence-corrected chi connectivity index (χ0v) is 36.1. The van der Waals surface area contributed by atoms with Gasteiger partial charge in [-0.2, -0.15) is 15.3 Å². The lowest BCUT2D eigenvalue weighted by atomic mass is 10.1. The van der Waals surface area contributed by atoms with E-state index in [2.05, 4.69) is 96.6 Å². The van der Waals surface area contributed by atoms with E-state index in [1.165, 1.54) is 0 Å². The van der Waals surface area contributed by atoms with Gasteiger partial charge in [-0.1, -0.05) is 25.4 Å². The number of morpholine rings is 2. The third kappa shape index (κ3) is 11.1. The molecule has 0 spiro atoms. The quantitative estimate of drug-likeness (QED) is 0.114. The molecule has 0 saturated carbocycles. The molecule has 7 aromatic heterocycles. The fraction of sp³-hybridized carbons (Fsp3) is 0.422. The summed E-state index contributed by atoms with van der Waals surface area (Å²) < 4.78 is 15.0. The lowest BCUT2D eigenvalue weighted by Crippen LogP contribution is -2.44. The third-order valence-electron chi connectivity index (χ3n) is 11.2. The molecule has 2 aliphatic heterocycles. The average Bonchev–Trinajstić information content (AvgIpc) is 3.95. The van der Waals surface area contributed by atoms with E-state index in [4.69, 9.17) is 26.1 Å². The van der Waals surface area contributed by atoms with Gasteiger partial charge in [0.15, 0.2) is 5.82 Å². The smallest absolute Gasteiger partial charge is 0.154 e. The van der Waals surface area contributed by atoms with Crippen molar-refractivity contribution in [2.75, 3.05) is 57.9 Å². The van der Waals surface area contributed by atoms with Gasteiger partial charge >= 0.3 is 0 Å². The average molecular weight is 844 g/mol. The standard InChI is InChI=1S/C26H32N8O.C19H22ClN5O/c1-18(2)20-12-26(32-28-14-20)31-25-6-5-23-24(30-25)11-21(13-27-23)22-15-29-34(16-22)8-4-7-33-9-10-35-17-19(33)3;1-14-13-26-8-7-24(14)5-2-6-25-12-16(11-22-25)15-9-18-17(21-10-15)3-4-19(20)23-18/h5-6,11-16,18-19H,4,7-10,17H2,1-3H3,(H,30,31,32);3-4,9-12,14H,2,5-8,13H2,1H3. The largest absolute Gasteiger partial charge is 0.379 e. The van der Waals surface area contributed by atoms with E-state index in [1.54, 1.807) is 12.3 Å². The Kier molecular flexibility index (Phi) is 13.8. The summed E-state index contributed by atoms with van der Waals surface area (Å²) in [6.45, 7) is 18.0. The van der Waals surface area contributed by atoms with Gasteiger partial charge in [0, 0.05) is 98.4 Å². The van der Waals surface area contributed by atoms with Crippen LogP contribution in [0.25, 0.3) is 44.3 Å². The highest BCUT2D eigenvalue weighted by Crippen LogP contribution is 2.25. The van der Waals surface area contributed by atoms with Crippen molar-refractivity contribution in [1.82, 2.24) is 59.5 Å². The first kappa shape index (κ1) is 42.2. The van der Waals surface area contributed by atoms with Crippen LogP contribution in [-0.2, 0) is 22.6 Å². The Balaban J connectivity index is 0.000000176. The molecular formula is C45H54ClN13O2. The fourth-order valence-corrected chi connectivity index (χ4v) is 7.75. The van der Waals surface area contributed by atoms with E-state index < -0.39 is 0 Å². The Labute approximate surface area is 361 Å². The Bertz CT molecular complexity index is 2530. The molecule has 0 aliphatic carbocycles. The molecule has 0 aromatic carbocycles. The summed E-state index contributed by atoms with van der Waals surface area (Å²) in [4.78, 5) is 23.1. The predicted molar refractivity (Wildman–Crippen MR) is 239 cm³/mol. The van der Waals surface area contributed by atoms with Gasteiger partial charge in [0.05, 0.1) is 67.1 Å². The van der Waals surface area contributed by atoms with Gasteiger partial charge in [-0.15, -0.1) is 5.10 Å². The first-order valence-electron chi connectivity index (χ1n) is 21.2. The van der Waals surface area contributed by atoms with Crippen LogP contribution in [0.15, 0.2) is 85.8 Å². The van der Waals surface area contributed by atoms with Crippen LogP contribution >= 0.6 is 11.6 Å². The van der Waals surface area contributed by atoms with Gasteiger partial charge in [-0.3, -0.25) is 29.1 Å². The minimum atomic E-state index is 0.381. The molecule has 2 aliphatic rings. The SMILES string of the molecule is CC(C)c1cnnc(Nc2ccc3ncc(-c4cnn(CCCN5CCOCC5C)c4)cc3n2)c1.CC1COCCN1CCCn1cc(-c2cnc3ccc(Cl)nc3c2)cn1. The van der Waals surface area contributed by atoms with E-state index in [0.29, 0.717) is 34.8 Å². The second-order valence-corrected chi connectivity index (χ2v) is 16.5. The molecule has 9 heterocycles. The number of hydrogen-bond acceptors (Lipinski definition) is 13. The highest BCUT2D eigenvalue weighted by molar-refractivity contribution is 6.29. The van der Waals surface area contributed by atoms with Crippen LogP contribution < -0.4 is 5.32 Å². The predicted octanol–water partition coefficient (Wildman–Crippen LogP) is 7.52. The molecule has 2 unspecified atom stereocenters. The van der Waals surface area contributed by atoms with Gasteiger partial charge in [-0.25, -0.2) is 9.97 Å². The lowest BCUT2D eigenvalue weighted by molar-refractivity contribution is -0.00121. The van der Waals surface area contributed by atoms with Gasteiger partial charge < -0.3 is 14.8 Å². The molecule has 0 amide bonds. The summed E-state index contributed by atoms with van der Waals surface area (Å²) in [5, 5.41) is 21.1. The minimum absolute atomic E-state index is 0.381. The molecule has 2 atom stereocenters. The third-order valence-corrected chi connectivity index (χ3v) is 11.5. The van der Waals surface area contributed by atoms with E-state index in [-0.39, 0.29) is 0 Å². The maximum Gasteiger partial charge on any atom is 0.154 e. The summed E-state index contributed by atoms with van der Waals surface area (Å²) >= 11 is 5.99. The van der Waals surface area contributed by atoms with Crippen molar-refractivity contribution in [3.8, 4) is 22.3 Å². The number of rotatable bonds is 13. The van der Waals surface area contributed by atoms with Crippen molar-refractivity contribution in [3.05, 3.63) is 96.6 Å². The molecule has 0 bridgehead atoms. The van der Waals surface area contributed by atoms with Gasteiger partial charge in [0.2, 0.25) is 0 Å². The zero-order chi connectivity index (χ0) is 42.1. The number of halogens is 1. The summed E-state index contributed by atoms with van der Waals surface area (Å²) in [6, 6.07) is 14.6. The molecule has 15 nitrogen and oxygen atoms in total. The van der Waals surface area contributed by atoms with Crippen molar-refractivity contribution in [3.63, 3.8) is 0 Å². The number of fused-ring (bicyclic) bond motifs is 2. The monoisotopic (exact) mass is 843 g/mol. The molecule has 318 valence electrons. The second-order valence-electron chi connectivity index (χ2n) is 16.1. The molecule has 7 aromatic rings. The number of anilines is 2. The summed E-state index contributed by atoms with van der Waals surface area (Å²) in [5.41, 5.74) is 8.49. The topological polar surface area (TPSA) is 150 Å². The first-order valence-corrected chi connectivity index (χ1v) is 21.6. The maximum atomic E-state index is 5.99. The highest BCUT2D eigenvalue weighted by Gasteiger charge is 2.19. The van der Waals surface area contributed by atoms with Crippen LogP contribution in [0, 0.1) is 0 Å². The molecule has 61 heavy (non-hydrogen) atoms. The molecule has 2 saturated heterocycles. The van der Waals surface area contributed by atoms with Gasteiger partial charge in [-0.05, 0) is 80.6 Å². The van der Waals surface area contributed by atoms with Crippen molar-refractivity contribution >= 4 is 45.3 Å². The summed E-state index contributed by atoms with van der Waals surface area (Å²) in [7, 11) is 0. The van der Waals surface area contributed by atoms with Crippen molar-refractivity contribution in [2.24, 2.45) is 0 Å². The van der Waals surface area contributed by atoms with Crippen LogP contribution in [0.1, 0.15) is 52.0 Å². The summed E-state index contributed by atoms with van der Waals surface area (Å²) in [5.74, 6) is 1.77. The molecule has 1 N–H and O–H groups in total. The normalized spacial score (nSPS) is 17.5. The number of aromatic nitrogens is 10. The minimum Gasteiger partial charge on any atom is -0.379 e. The van der Waals surface area contributed by atoms with Gasteiger partial charge in [0.25, 0.3) is 0 Å². The first-order chi connectivity index (χ1) is 29.7. The molecular weight excluding hydrogens is 790 g/mol. The molecule has 9 rings (SSSR count). The molecule has 0 radical (unpaired) electrons. The van der Waals surface area contributed by atoms with Crippen LogP contribution in [0.2, 0.25) is 5.15 Å². The van der Waals surface area contributed by atoms with Gasteiger partial charge in [0.1, 0.15) is 11.0 Å².